The van der Waals surface area contributed by atoms with E-state index in [1.165, 1.54) is 6.08 Å². The zero-order chi connectivity index (χ0) is 18.3. The van der Waals surface area contributed by atoms with Crippen LogP contribution >= 0.6 is 0 Å². The highest BCUT2D eigenvalue weighted by Crippen LogP contribution is 2.59. The quantitative estimate of drug-likeness (QED) is 0.449. The maximum Gasteiger partial charge on any atom is 0.342 e. The molecule has 0 aromatic rings. The van der Waals surface area contributed by atoms with E-state index in [-0.39, 0.29) is 23.9 Å². The van der Waals surface area contributed by atoms with Crippen LogP contribution in [0.3, 0.4) is 0 Å². The molecule has 0 radical (unpaired) electrons. The summed E-state index contributed by atoms with van der Waals surface area (Å²) in [5.41, 5.74) is 0.609. The largest absolute Gasteiger partial charge is 0.459 e. The Hall–Kier alpha value is -2.01. The maximum absolute atomic E-state index is 13.0. The molecule has 132 valence electrons. The number of aliphatic hydroxyl groups is 1. The topological polar surface area (TPSA) is 80.7 Å². The van der Waals surface area contributed by atoms with Crippen molar-refractivity contribution in [1.82, 2.24) is 0 Å². The van der Waals surface area contributed by atoms with Gasteiger partial charge in [0.15, 0.2) is 17.2 Å². The monoisotopic (exact) mass is 342 g/mol. The molecule has 3 aliphatic carbocycles. The SMILES string of the molecule is CC1=C2CCC3=C(C(=O)C=C(C(C)C)C3=O)[C@@]2(C)[C@H]2C[C@]1(O)C(=O)O2. The van der Waals surface area contributed by atoms with Crippen molar-refractivity contribution < 1.29 is 24.2 Å². The molecule has 4 aliphatic rings. The Bertz CT molecular complexity index is 840. The molecule has 0 unspecified atom stereocenters. The summed E-state index contributed by atoms with van der Waals surface area (Å²) in [5, 5.41) is 10.7. The fourth-order valence-corrected chi connectivity index (χ4v) is 5.04. The Balaban J connectivity index is 1.94. The lowest BCUT2D eigenvalue weighted by molar-refractivity contribution is -0.153. The molecule has 0 aromatic heterocycles. The van der Waals surface area contributed by atoms with E-state index < -0.39 is 23.1 Å². The van der Waals surface area contributed by atoms with Crippen LogP contribution in [0.15, 0.2) is 33.9 Å². The molecule has 2 bridgehead atoms. The molecule has 0 aromatic carbocycles. The van der Waals surface area contributed by atoms with Gasteiger partial charge in [0.2, 0.25) is 0 Å². The minimum atomic E-state index is -1.59. The summed E-state index contributed by atoms with van der Waals surface area (Å²) >= 11 is 0. The van der Waals surface area contributed by atoms with Crippen molar-refractivity contribution in [3.05, 3.63) is 33.9 Å². The number of ether oxygens (including phenoxy) is 1. The van der Waals surface area contributed by atoms with Gasteiger partial charge in [-0.15, -0.1) is 0 Å². The minimum Gasteiger partial charge on any atom is -0.459 e. The number of carbonyl (C=O) groups excluding carboxylic acids is 3. The zero-order valence-corrected chi connectivity index (χ0v) is 14.9. The van der Waals surface area contributed by atoms with Crippen molar-refractivity contribution >= 4 is 17.5 Å². The van der Waals surface area contributed by atoms with Crippen LogP contribution in [0.4, 0.5) is 0 Å². The molecular weight excluding hydrogens is 320 g/mol. The first-order chi connectivity index (χ1) is 11.6. The number of allylic oxidation sites excluding steroid dienone is 3. The summed E-state index contributed by atoms with van der Waals surface area (Å²) in [5.74, 6) is -0.891. The molecule has 0 amide bonds. The third-order valence-electron chi connectivity index (χ3n) is 6.55. The number of rotatable bonds is 1. The summed E-state index contributed by atoms with van der Waals surface area (Å²) in [6.07, 6.45) is 1.99. The van der Waals surface area contributed by atoms with E-state index in [4.69, 9.17) is 4.74 Å². The molecular formula is C20H22O5. The van der Waals surface area contributed by atoms with Crippen LogP contribution in [-0.2, 0) is 19.1 Å². The van der Waals surface area contributed by atoms with Crippen LogP contribution in [-0.4, -0.2) is 34.3 Å². The van der Waals surface area contributed by atoms with Gasteiger partial charge in [-0.1, -0.05) is 19.4 Å². The second-order valence-corrected chi connectivity index (χ2v) is 8.07. The lowest BCUT2D eigenvalue weighted by atomic mass is 9.55. The van der Waals surface area contributed by atoms with Crippen molar-refractivity contribution in [3.8, 4) is 0 Å². The van der Waals surface area contributed by atoms with Crippen LogP contribution in [0.25, 0.3) is 0 Å². The van der Waals surface area contributed by atoms with Gasteiger partial charge >= 0.3 is 5.97 Å². The molecule has 1 fully saturated rings. The number of hydrogen-bond donors (Lipinski definition) is 1. The second kappa shape index (κ2) is 4.79. The van der Waals surface area contributed by atoms with E-state index in [0.29, 0.717) is 35.1 Å². The zero-order valence-electron chi connectivity index (χ0n) is 14.9. The lowest BCUT2D eigenvalue weighted by Crippen LogP contribution is -2.49. The van der Waals surface area contributed by atoms with Gasteiger partial charge in [0.1, 0.15) is 6.10 Å². The van der Waals surface area contributed by atoms with Crippen molar-refractivity contribution in [2.75, 3.05) is 0 Å². The summed E-state index contributed by atoms with van der Waals surface area (Å²) in [6.45, 7) is 7.43. The van der Waals surface area contributed by atoms with Gasteiger partial charge in [-0.3, -0.25) is 9.59 Å². The summed E-state index contributed by atoms with van der Waals surface area (Å²) < 4.78 is 5.49. The van der Waals surface area contributed by atoms with Gasteiger partial charge in [-0.2, -0.15) is 0 Å². The van der Waals surface area contributed by atoms with Gasteiger partial charge in [-0.05, 0) is 44.3 Å². The maximum atomic E-state index is 13.0. The average Bonchev–Trinajstić information content (AvgIpc) is 2.83. The van der Waals surface area contributed by atoms with Crippen LogP contribution < -0.4 is 0 Å². The van der Waals surface area contributed by atoms with Gasteiger partial charge in [-0.25, -0.2) is 4.79 Å². The molecule has 25 heavy (non-hydrogen) atoms. The highest BCUT2D eigenvalue weighted by atomic mass is 16.6. The highest BCUT2D eigenvalue weighted by molar-refractivity contribution is 6.24. The lowest BCUT2D eigenvalue weighted by Gasteiger charge is -2.47. The van der Waals surface area contributed by atoms with E-state index in [1.807, 2.05) is 20.8 Å². The van der Waals surface area contributed by atoms with Crippen LogP contribution in [0.1, 0.15) is 47.0 Å². The van der Waals surface area contributed by atoms with Gasteiger partial charge in [0.05, 0.1) is 5.41 Å². The van der Waals surface area contributed by atoms with Crippen molar-refractivity contribution in [2.45, 2.75) is 58.7 Å². The van der Waals surface area contributed by atoms with E-state index in [1.54, 1.807) is 6.92 Å². The number of Topliss-reactive ketones (excluding diaryl/α,β-unsaturated/α-hetero) is 1. The van der Waals surface area contributed by atoms with Crippen LogP contribution in [0.5, 0.6) is 0 Å². The minimum absolute atomic E-state index is 0.0160. The Morgan fingerprint density at radius 2 is 1.92 bits per heavy atom. The first kappa shape index (κ1) is 16.5. The normalized spacial score (nSPS) is 37.3. The Labute approximate surface area is 146 Å². The Kier molecular flexibility index (Phi) is 3.15. The van der Waals surface area contributed by atoms with E-state index in [0.717, 1.165) is 5.57 Å². The third-order valence-corrected chi connectivity index (χ3v) is 6.55. The van der Waals surface area contributed by atoms with E-state index >= 15 is 0 Å². The first-order valence-corrected chi connectivity index (χ1v) is 8.80. The summed E-state index contributed by atoms with van der Waals surface area (Å²) in [6, 6.07) is 0. The second-order valence-electron chi connectivity index (χ2n) is 8.07. The van der Waals surface area contributed by atoms with E-state index in [2.05, 4.69) is 0 Å². The molecule has 5 nitrogen and oxygen atoms in total. The van der Waals surface area contributed by atoms with Crippen molar-refractivity contribution in [2.24, 2.45) is 11.3 Å². The third kappa shape index (κ3) is 1.79. The van der Waals surface area contributed by atoms with Crippen molar-refractivity contribution in [1.29, 1.82) is 0 Å². The fourth-order valence-electron chi connectivity index (χ4n) is 5.04. The fraction of sp³-hybridized carbons (Fsp3) is 0.550. The predicted molar refractivity (Wildman–Crippen MR) is 89.4 cm³/mol. The Morgan fingerprint density at radius 3 is 2.56 bits per heavy atom. The summed E-state index contributed by atoms with van der Waals surface area (Å²) in [4.78, 5) is 38.1. The van der Waals surface area contributed by atoms with Gasteiger partial charge in [0.25, 0.3) is 0 Å². The van der Waals surface area contributed by atoms with Crippen LogP contribution in [0.2, 0.25) is 0 Å². The number of esters is 1. The predicted octanol–water partition coefficient (Wildman–Crippen LogP) is 2.19. The molecule has 1 N–H and O–H groups in total. The average molecular weight is 342 g/mol. The van der Waals surface area contributed by atoms with Crippen molar-refractivity contribution in [3.63, 3.8) is 0 Å². The number of ketones is 2. The standard InChI is InChI=1S/C20H22O5/c1-9(2)12-7-14(21)16-11(17(12)22)5-6-13-10(3)20(24)8-15(19(13,16)4)25-18(20)23/h7,9,15,24H,5-6,8H2,1-4H3/t15-,19-,20-/m1/s1. The first-order valence-electron chi connectivity index (χ1n) is 8.80. The highest BCUT2D eigenvalue weighted by Gasteiger charge is 2.64. The summed E-state index contributed by atoms with van der Waals surface area (Å²) in [7, 11) is 0. The van der Waals surface area contributed by atoms with Crippen LogP contribution in [0, 0.1) is 11.3 Å². The molecule has 1 heterocycles. The number of fused-ring (bicyclic) bond motifs is 5. The van der Waals surface area contributed by atoms with Gasteiger partial charge < -0.3 is 9.84 Å². The molecule has 0 spiro atoms. The molecule has 5 heteroatoms. The molecule has 4 rings (SSSR count). The number of carbonyl (C=O) groups is 3. The van der Waals surface area contributed by atoms with E-state index in [9.17, 15) is 19.5 Å². The molecule has 1 saturated heterocycles. The smallest absolute Gasteiger partial charge is 0.342 e. The molecule has 1 aliphatic heterocycles. The molecule has 3 atom stereocenters. The number of hydrogen-bond acceptors (Lipinski definition) is 5. The van der Waals surface area contributed by atoms with Gasteiger partial charge in [0, 0.05) is 23.1 Å². The molecule has 0 saturated carbocycles. The Morgan fingerprint density at radius 1 is 1.24 bits per heavy atom.